The van der Waals surface area contributed by atoms with Gasteiger partial charge in [-0.25, -0.2) is 0 Å². The van der Waals surface area contributed by atoms with Crippen molar-refractivity contribution in [1.82, 2.24) is 0 Å². The Labute approximate surface area is 93.7 Å². The Morgan fingerprint density at radius 1 is 1.20 bits per heavy atom. The summed E-state index contributed by atoms with van der Waals surface area (Å²) < 4.78 is 5.36. The van der Waals surface area contributed by atoms with E-state index in [0.717, 1.165) is 24.6 Å². The molecule has 0 saturated carbocycles. The van der Waals surface area contributed by atoms with Crippen LogP contribution in [-0.2, 0) is 0 Å². The fourth-order valence-corrected chi connectivity index (χ4v) is 1.09. The zero-order valence-corrected chi connectivity index (χ0v) is 10.3. The van der Waals surface area contributed by atoms with Crippen molar-refractivity contribution in [3.63, 3.8) is 0 Å². The van der Waals surface area contributed by atoms with Crippen molar-refractivity contribution >= 4 is 5.69 Å². The SMILES string of the molecule is CC.CCC.c1ccc2c(c1)NCCO2. The quantitative estimate of drug-likeness (QED) is 0.699. The van der Waals surface area contributed by atoms with Crippen LogP contribution in [0.5, 0.6) is 5.75 Å². The fraction of sp³-hybridized carbons (Fsp3) is 0.538. The zero-order chi connectivity index (χ0) is 11.5. The molecule has 2 nitrogen and oxygen atoms in total. The van der Waals surface area contributed by atoms with E-state index in [1.165, 1.54) is 6.42 Å². The highest BCUT2D eigenvalue weighted by Gasteiger charge is 2.05. The van der Waals surface area contributed by atoms with Crippen LogP contribution in [0.2, 0.25) is 0 Å². The van der Waals surface area contributed by atoms with E-state index in [4.69, 9.17) is 4.74 Å². The average Bonchev–Trinajstić information content (AvgIpc) is 2.33. The molecule has 15 heavy (non-hydrogen) atoms. The first kappa shape index (κ1) is 13.8. The van der Waals surface area contributed by atoms with Crippen molar-refractivity contribution in [1.29, 1.82) is 0 Å². The van der Waals surface area contributed by atoms with Gasteiger partial charge in [-0.05, 0) is 12.1 Å². The maximum Gasteiger partial charge on any atom is 0.142 e. The minimum absolute atomic E-state index is 0.775. The third kappa shape index (κ3) is 5.31. The molecule has 1 N–H and O–H groups in total. The maximum absolute atomic E-state index is 5.36. The summed E-state index contributed by atoms with van der Waals surface area (Å²) in [5.74, 6) is 0.966. The predicted octanol–water partition coefficient (Wildman–Crippen LogP) is 3.93. The molecule has 0 bridgehead atoms. The third-order valence-electron chi connectivity index (χ3n) is 1.56. The van der Waals surface area contributed by atoms with Gasteiger partial charge in [0.2, 0.25) is 0 Å². The molecule has 1 aliphatic rings. The van der Waals surface area contributed by atoms with E-state index in [1.807, 2.05) is 38.1 Å². The third-order valence-corrected chi connectivity index (χ3v) is 1.56. The number of anilines is 1. The summed E-state index contributed by atoms with van der Waals surface area (Å²) in [6.45, 7) is 9.94. The number of nitrogens with one attached hydrogen (secondary N) is 1. The van der Waals surface area contributed by atoms with E-state index in [0.29, 0.717) is 0 Å². The lowest BCUT2D eigenvalue weighted by Crippen LogP contribution is -2.17. The van der Waals surface area contributed by atoms with Gasteiger partial charge < -0.3 is 10.1 Å². The maximum atomic E-state index is 5.36. The van der Waals surface area contributed by atoms with Gasteiger partial charge in [-0.15, -0.1) is 0 Å². The average molecular weight is 209 g/mol. The molecule has 0 radical (unpaired) electrons. The molecule has 0 amide bonds. The van der Waals surface area contributed by atoms with Crippen LogP contribution in [0.15, 0.2) is 24.3 Å². The molecule has 0 aliphatic carbocycles. The van der Waals surface area contributed by atoms with Crippen LogP contribution in [0, 0.1) is 0 Å². The van der Waals surface area contributed by atoms with Gasteiger partial charge in [0, 0.05) is 6.54 Å². The van der Waals surface area contributed by atoms with Crippen molar-refractivity contribution in [3.05, 3.63) is 24.3 Å². The van der Waals surface area contributed by atoms with Gasteiger partial charge in [0.1, 0.15) is 12.4 Å². The van der Waals surface area contributed by atoms with Gasteiger partial charge in [-0.1, -0.05) is 46.2 Å². The molecule has 0 aromatic heterocycles. The molecule has 2 heteroatoms. The second-order valence-corrected chi connectivity index (χ2v) is 2.98. The Hall–Kier alpha value is -1.18. The highest BCUT2D eigenvalue weighted by Crippen LogP contribution is 2.25. The van der Waals surface area contributed by atoms with Gasteiger partial charge in [-0.2, -0.15) is 0 Å². The Morgan fingerprint density at radius 2 is 1.80 bits per heavy atom. The summed E-state index contributed by atoms with van der Waals surface area (Å²) in [6, 6.07) is 7.97. The molecule has 1 aromatic rings. The first-order chi connectivity index (χ1) is 7.38. The van der Waals surface area contributed by atoms with E-state index >= 15 is 0 Å². The van der Waals surface area contributed by atoms with Crippen LogP contribution in [0.4, 0.5) is 5.69 Å². The first-order valence-electron chi connectivity index (χ1n) is 5.84. The summed E-state index contributed by atoms with van der Waals surface area (Å²) in [4.78, 5) is 0. The number of benzene rings is 1. The molecule has 0 fully saturated rings. The smallest absolute Gasteiger partial charge is 0.142 e. The minimum Gasteiger partial charge on any atom is -0.490 e. The molecule has 0 unspecified atom stereocenters. The van der Waals surface area contributed by atoms with E-state index < -0.39 is 0 Å². The first-order valence-corrected chi connectivity index (χ1v) is 5.84. The van der Waals surface area contributed by atoms with Gasteiger partial charge in [0.25, 0.3) is 0 Å². The molecular formula is C13H23NO. The second kappa shape index (κ2) is 9.38. The molecule has 0 saturated heterocycles. The molecule has 86 valence electrons. The van der Waals surface area contributed by atoms with Crippen LogP contribution in [0.25, 0.3) is 0 Å². The van der Waals surface area contributed by atoms with Crippen LogP contribution in [0.3, 0.4) is 0 Å². The van der Waals surface area contributed by atoms with Gasteiger partial charge in [-0.3, -0.25) is 0 Å². The van der Waals surface area contributed by atoms with E-state index in [1.54, 1.807) is 0 Å². The largest absolute Gasteiger partial charge is 0.490 e. The highest BCUT2D eigenvalue weighted by molar-refractivity contribution is 5.57. The highest BCUT2D eigenvalue weighted by atomic mass is 16.5. The molecular weight excluding hydrogens is 186 g/mol. The van der Waals surface area contributed by atoms with Gasteiger partial charge >= 0.3 is 0 Å². The van der Waals surface area contributed by atoms with Crippen LogP contribution in [0.1, 0.15) is 34.1 Å². The van der Waals surface area contributed by atoms with Gasteiger partial charge in [0.05, 0.1) is 5.69 Å². The fourth-order valence-electron chi connectivity index (χ4n) is 1.09. The number of hydrogen-bond acceptors (Lipinski definition) is 2. The lowest BCUT2D eigenvalue weighted by Gasteiger charge is -2.17. The summed E-state index contributed by atoms with van der Waals surface area (Å²) in [5, 5.41) is 3.24. The normalized spacial score (nSPS) is 11.5. The molecule has 0 spiro atoms. The number of fused-ring (bicyclic) bond motifs is 1. The Kier molecular flexibility index (Phi) is 8.64. The van der Waals surface area contributed by atoms with E-state index in [-0.39, 0.29) is 0 Å². The van der Waals surface area contributed by atoms with Crippen molar-refractivity contribution in [2.75, 3.05) is 18.5 Å². The minimum atomic E-state index is 0.775. The van der Waals surface area contributed by atoms with E-state index in [9.17, 15) is 0 Å². The molecule has 0 atom stereocenters. The summed E-state index contributed by atoms with van der Waals surface area (Å²) in [7, 11) is 0. The Bertz CT molecular complexity index is 223. The van der Waals surface area contributed by atoms with Crippen LogP contribution in [-0.4, -0.2) is 13.2 Å². The summed E-state index contributed by atoms with van der Waals surface area (Å²) in [5.41, 5.74) is 1.11. The lowest BCUT2D eigenvalue weighted by atomic mass is 10.3. The zero-order valence-electron chi connectivity index (χ0n) is 10.3. The second-order valence-electron chi connectivity index (χ2n) is 2.98. The van der Waals surface area contributed by atoms with Crippen molar-refractivity contribution < 1.29 is 4.74 Å². The van der Waals surface area contributed by atoms with Crippen molar-refractivity contribution in [3.8, 4) is 5.75 Å². The molecule has 2 rings (SSSR count). The monoisotopic (exact) mass is 209 g/mol. The Morgan fingerprint density at radius 3 is 2.40 bits per heavy atom. The van der Waals surface area contributed by atoms with Crippen molar-refractivity contribution in [2.24, 2.45) is 0 Å². The molecule has 1 aromatic carbocycles. The number of para-hydroxylation sites is 2. The standard InChI is InChI=1S/C8H9NO.C3H8.C2H6/c1-2-4-8-7(3-1)9-5-6-10-8;1-3-2;1-2/h1-4,9H,5-6H2;3H2,1-2H3;1-2H3. The summed E-state index contributed by atoms with van der Waals surface area (Å²) >= 11 is 0. The summed E-state index contributed by atoms with van der Waals surface area (Å²) in [6.07, 6.45) is 1.25. The molecule has 1 heterocycles. The van der Waals surface area contributed by atoms with Gasteiger partial charge in [0.15, 0.2) is 0 Å². The Balaban J connectivity index is 0.000000342. The van der Waals surface area contributed by atoms with Crippen LogP contribution < -0.4 is 10.1 Å². The number of rotatable bonds is 0. The number of ether oxygens (including phenoxy) is 1. The predicted molar refractivity (Wildman–Crippen MR) is 67.7 cm³/mol. The van der Waals surface area contributed by atoms with Crippen molar-refractivity contribution in [2.45, 2.75) is 34.1 Å². The number of hydrogen-bond donors (Lipinski definition) is 1. The van der Waals surface area contributed by atoms with E-state index in [2.05, 4.69) is 19.2 Å². The molecule has 1 aliphatic heterocycles. The lowest BCUT2D eigenvalue weighted by molar-refractivity contribution is 0.323. The van der Waals surface area contributed by atoms with Crippen LogP contribution >= 0.6 is 0 Å². The topological polar surface area (TPSA) is 21.3 Å².